The van der Waals surface area contributed by atoms with Crippen LogP contribution in [0.25, 0.3) is 5.70 Å². The minimum Gasteiger partial charge on any atom is -0.398 e. The van der Waals surface area contributed by atoms with Gasteiger partial charge in [-0.25, -0.2) is 4.99 Å². The molecule has 0 atom stereocenters. The van der Waals surface area contributed by atoms with E-state index in [0.29, 0.717) is 17.9 Å². The van der Waals surface area contributed by atoms with Gasteiger partial charge in [-0.05, 0) is 60.1 Å². The number of benzene rings is 3. The molecular formula is C31H36N6O. The molecule has 3 aromatic rings. The maximum Gasteiger partial charge on any atom is 0.228 e. The second kappa shape index (κ2) is 13.3. The van der Waals surface area contributed by atoms with E-state index in [1.807, 2.05) is 66.7 Å². The van der Waals surface area contributed by atoms with Crippen molar-refractivity contribution in [3.8, 4) is 0 Å². The van der Waals surface area contributed by atoms with Gasteiger partial charge in [-0.2, -0.15) is 0 Å². The molecular weight excluding hydrogens is 472 g/mol. The Morgan fingerprint density at radius 2 is 1.55 bits per heavy atom. The van der Waals surface area contributed by atoms with Crippen molar-refractivity contribution in [1.29, 1.82) is 0 Å². The molecule has 1 heterocycles. The summed E-state index contributed by atoms with van der Waals surface area (Å²) in [5.41, 5.74) is 11.5. The Hall–Kier alpha value is -4.36. The summed E-state index contributed by atoms with van der Waals surface area (Å²) in [6, 6.07) is 25.4. The van der Waals surface area contributed by atoms with Gasteiger partial charge in [-0.1, -0.05) is 56.0 Å². The molecule has 4 rings (SSSR count). The molecule has 0 spiro atoms. The average Bonchev–Trinajstić information content (AvgIpc) is 2.94. The van der Waals surface area contributed by atoms with Crippen molar-refractivity contribution in [1.82, 2.24) is 4.90 Å². The lowest BCUT2D eigenvalue weighted by Crippen LogP contribution is -2.46. The molecule has 7 nitrogen and oxygen atoms in total. The molecule has 0 radical (unpaired) electrons. The molecule has 1 aliphatic rings. The molecule has 38 heavy (non-hydrogen) atoms. The minimum absolute atomic E-state index is 0.0601. The number of carbonyl (C=O) groups excluding carboxylic acids is 1. The van der Waals surface area contributed by atoms with E-state index in [4.69, 9.17) is 5.73 Å². The molecule has 196 valence electrons. The number of anilines is 3. The second-order valence-corrected chi connectivity index (χ2v) is 9.23. The van der Waals surface area contributed by atoms with Gasteiger partial charge in [-0.15, -0.1) is 0 Å². The summed E-state index contributed by atoms with van der Waals surface area (Å²) in [5.74, 6) is 0.463. The SMILES string of the molecule is C=C(/N=C\C=C(/N)c1ccc(NC(=O)Cc2ccccc2)cc1)Nc1ccc(N2CCN(CC)CC2)cc1. The van der Waals surface area contributed by atoms with E-state index in [9.17, 15) is 4.79 Å². The number of piperazine rings is 1. The van der Waals surface area contributed by atoms with Crippen LogP contribution >= 0.6 is 0 Å². The Kier molecular flexibility index (Phi) is 9.32. The predicted octanol–water partition coefficient (Wildman–Crippen LogP) is 4.96. The summed E-state index contributed by atoms with van der Waals surface area (Å²) in [4.78, 5) is 21.5. The van der Waals surface area contributed by atoms with E-state index in [1.165, 1.54) is 5.69 Å². The zero-order valence-electron chi connectivity index (χ0n) is 21.9. The molecule has 0 unspecified atom stereocenters. The first-order chi connectivity index (χ1) is 18.5. The van der Waals surface area contributed by atoms with E-state index in [1.54, 1.807) is 12.3 Å². The average molecular weight is 509 g/mol. The first-order valence-corrected chi connectivity index (χ1v) is 13.0. The van der Waals surface area contributed by atoms with Crippen LogP contribution in [0.15, 0.2) is 102 Å². The molecule has 1 saturated heterocycles. The Morgan fingerprint density at radius 1 is 0.921 bits per heavy atom. The fourth-order valence-electron chi connectivity index (χ4n) is 4.31. The Balaban J connectivity index is 1.24. The van der Waals surface area contributed by atoms with Gasteiger partial charge < -0.3 is 26.2 Å². The van der Waals surface area contributed by atoms with Crippen LogP contribution in [-0.4, -0.2) is 49.7 Å². The van der Waals surface area contributed by atoms with Gasteiger partial charge in [0.05, 0.1) is 6.42 Å². The molecule has 0 bridgehead atoms. The summed E-state index contributed by atoms with van der Waals surface area (Å²) in [7, 11) is 0. The van der Waals surface area contributed by atoms with Crippen LogP contribution in [0, 0.1) is 0 Å². The highest BCUT2D eigenvalue weighted by Gasteiger charge is 2.15. The third-order valence-electron chi connectivity index (χ3n) is 6.53. The van der Waals surface area contributed by atoms with E-state index < -0.39 is 0 Å². The number of aliphatic imine (C=N–C) groups is 1. The first kappa shape index (κ1) is 26.7. The Bertz CT molecular complexity index is 1260. The summed E-state index contributed by atoms with van der Waals surface area (Å²) in [5, 5.41) is 6.13. The largest absolute Gasteiger partial charge is 0.398 e. The normalized spacial score (nSPS) is 14.4. The van der Waals surface area contributed by atoms with Crippen molar-refractivity contribution < 1.29 is 4.79 Å². The Labute approximate surface area is 225 Å². The van der Waals surface area contributed by atoms with Crippen molar-refractivity contribution in [2.45, 2.75) is 13.3 Å². The van der Waals surface area contributed by atoms with Gasteiger partial charge in [0, 0.05) is 55.2 Å². The van der Waals surface area contributed by atoms with Crippen LogP contribution < -0.4 is 21.3 Å². The smallest absolute Gasteiger partial charge is 0.228 e. The van der Waals surface area contributed by atoms with Crippen LogP contribution in [0.1, 0.15) is 18.1 Å². The minimum atomic E-state index is -0.0601. The van der Waals surface area contributed by atoms with Crippen LogP contribution in [0.5, 0.6) is 0 Å². The third-order valence-corrected chi connectivity index (χ3v) is 6.53. The molecule has 7 heteroatoms. The quantitative estimate of drug-likeness (QED) is 0.337. The van der Waals surface area contributed by atoms with Crippen LogP contribution in [0.2, 0.25) is 0 Å². The zero-order valence-corrected chi connectivity index (χ0v) is 21.9. The van der Waals surface area contributed by atoms with Crippen molar-refractivity contribution in [3.05, 3.63) is 108 Å². The number of likely N-dealkylation sites (N-methyl/N-ethyl adjacent to an activating group) is 1. The molecule has 0 aromatic heterocycles. The molecule has 1 aliphatic heterocycles. The predicted molar refractivity (Wildman–Crippen MR) is 159 cm³/mol. The molecule has 0 saturated carbocycles. The topological polar surface area (TPSA) is 86.0 Å². The summed E-state index contributed by atoms with van der Waals surface area (Å²) in [6.07, 6.45) is 3.69. The third kappa shape index (κ3) is 7.82. The molecule has 0 aliphatic carbocycles. The van der Waals surface area contributed by atoms with Gasteiger partial charge in [0.1, 0.15) is 5.82 Å². The lowest BCUT2D eigenvalue weighted by molar-refractivity contribution is -0.115. The number of amides is 1. The molecule has 3 aromatic carbocycles. The standard InChI is InChI=1S/C31H36N6O/c1-3-36-19-21-37(22-20-36)29-15-13-27(14-16-29)34-24(2)33-18-17-30(32)26-9-11-28(12-10-26)35-31(38)23-25-7-5-4-6-8-25/h4-18,34H,2-3,19-23,32H2,1H3,(H,35,38)/b30-17-,33-18-. The zero-order chi connectivity index (χ0) is 26.7. The number of rotatable bonds is 10. The number of carbonyl (C=O) groups is 1. The van der Waals surface area contributed by atoms with Gasteiger partial charge in [-0.3, -0.25) is 4.79 Å². The van der Waals surface area contributed by atoms with E-state index >= 15 is 0 Å². The van der Waals surface area contributed by atoms with E-state index in [-0.39, 0.29) is 5.91 Å². The van der Waals surface area contributed by atoms with Crippen molar-refractivity contribution in [2.75, 3.05) is 48.3 Å². The van der Waals surface area contributed by atoms with Crippen LogP contribution in [0.4, 0.5) is 17.1 Å². The lowest BCUT2D eigenvalue weighted by Gasteiger charge is -2.35. The molecule has 1 amide bonds. The number of nitrogens with zero attached hydrogens (tertiary/aromatic N) is 3. The van der Waals surface area contributed by atoms with Crippen LogP contribution in [0.3, 0.4) is 0 Å². The fraction of sp³-hybridized carbons (Fsp3) is 0.226. The Morgan fingerprint density at radius 3 is 2.21 bits per heavy atom. The summed E-state index contributed by atoms with van der Waals surface area (Å²) in [6.45, 7) is 11.6. The maximum atomic E-state index is 12.3. The maximum absolute atomic E-state index is 12.3. The number of hydrogen-bond donors (Lipinski definition) is 3. The van der Waals surface area contributed by atoms with Gasteiger partial charge in [0.15, 0.2) is 0 Å². The summed E-state index contributed by atoms with van der Waals surface area (Å²) < 4.78 is 0. The fourth-order valence-corrected chi connectivity index (χ4v) is 4.31. The van der Waals surface area contributed by atoms with Crippen molar-refractivity contribution >= 4 is 34.9 Å². The number of nitrogens with one attached hydrogen (secondary N) is 2. The highest BCUT2D eigenvalue weighted by atomic mass is 16.1. The number of nitrogens with two attached hydrogens (primary N) is 1. The van der Waals surface area contributed by atoms with Crippen molar-refractivity contribution in [2.24, 2.45) is 10.7 Å². The van der Waals surface area contributed by atoms with Crippen molar-refractivity contribution in [3.63, 3.8) is 0 Å². The number of allylic oxidation sites excluding steroid dienone is 1. The number of hydrogen-bond acceptors (Lipinski definition) is 6. The first-order valence-electron chi connectivity index (χ1n) is 13.0. The van der Waals surface area contributed by atoms with E-state index in [0.717, 1.165) is 55.2 Å². The van der Waals surface area contributed by atoms with Gasteiger partial charge in [0.2, 0.25) is 5.91 Å². The highest BCUT2D eigenvalue weighted by Crippen LogP contribution is 2.20. The van der Waals surface area contributed by atoms with Crippen LogP contribution in [-0.2, 0) is 11.2 Å². The molecule has 4 N–H and O–H groups in total. The van der Waals surface area contributed by atoms with Gasteiger partial charge in [0.25, 0.3) is 0 Å². The van der Waals surface area contributed by atoms with Gasteiger partial charge >= 0.3 is 0 Å². The second-order valence-electron chi connectivity index (χ2n) is 9.23. The lowest BCUT2D eigenvalue weighted by atomic mass is 10.1. The molecule has 1 fully saturated rings. The van der Waals surface area contributed by atoms with E-state index in [2.05, 4.69) is 51.1 Å². The highest BCUT2D eigenvalue weighted by molar-refractivity contribution is 5.92. The monoisotopic (exact) mass is 508 g/mol. The summed E-state index contributed by atoms with van der Waals surface area (Å²) >= 11 is 0.